The first kappa shape index (κ1) is 128. The number of methoxy groups -OCH3 is 4. The number of unbranched alkanes of at least 4 members (excludes halogenated alkanes) is 4. The number of imide groups is 2. The van der Waals surface area contributed by atoms with Crippen molar-refractivity contribution in [1.82, 2.24) is 44.5 Å². The zero-order valence-electron chi connectivity index (χ0n) is 92.6. The first-order chi connectivity index (χ1) is 70.0. The highest BCUT2D eigenvalue weighted by molar-refractivity contribution is 8.00. The van der Waals surface area contributed by atoms with Crippen LogP contribution in [0.1, 0.15) is 255 Å². The fourth-order valence-electron chi connectivity index (χ4n) is 21.1. The normalized spacial score (nSPS) is 19.0. The number of anilines is 1. The number of carbonyl (C=O) groups is 17. The molecule has 20 atom stereocenters. The van der Waals surface area contributed by atoms with Crippen LogP contribution in [0.15, 0.2) is 84.9 Å². The number of likely N-dealkylation sites (tertiary alicyclic amines) is 4. The number of Topliss-reactive ketones (excluding diaryl/α,β-unsaturated/α-hetero) is 4. The third kappa shape index (κ3) is 37.5. The standard InChI is InChI=1S/C51H81N5O11S.C49H74N4O10.C12H19NO3S/c1-13-33(6)46(40(66-10)29-43(59)55-26-20-23-38(55)47(67-11)34(7)48(61)52-37(51(64)65)27-35-21-16-14-17-22-35)54(9)49(62)36(31(2)3)28-39(57)45(32(4)5)53(8)42(58)24-18-15-19-25-56-44(60)30-41(68-12)50(56)63;1-12-32(6)45(51(8)47(57)38(30(2)3)27-41(55)44(31(4)5)52(9)49(60)63-29-35-20-22-37(50)23-21-35)42(61-10)28-43(56)53-24-16-19-39(53)46(62-11)33(7)40(54)26-36(48(58)59)25-34-17-14-13-15-18-34;1-9(14)6-4-3-5-7-13-11(15)8-10(17-2)12(13)16/h14,16-17,21-22,31-34,36-38,40-41,45-47H,13,15,18-20,23-30H2,1-12H3,(H,52,61)(H,64,65);13-15,17-18,20-23,30-33,36,38-39,42,44-46H,12,16,19,24-29,50H2,1-11H3,(H,58,59);10H,3-8H2,1-2H3/t33-,34+,36-,37-,38-,40+,41?,45-,46-,47+;32-,33-,36+,38-,39-,42+,44-,45-,46+;/m00./s1. The van der Waals surface area contributed by atoms with Gasteiger partial charge in [0.15, 0.2) is 11.6 Å². The summed E-state index contributed by atoms with van der Waals surface area (Å²) < 4.78 is 29.5. The first-order valence-corrected chi connectivity index (χ1v) is 55.4. The summed E-state index contributed by atoms with van der Waals surface area (Å²) in [6.45, 7) is 29.8. The van der Waals surface area contributed by atoms with Gasteiger partial charge in [0.2, 0.25) is 59.1 Å². The molecule has 148 heavy (non-hydrogen) atoms. The number of thioether (sulfide) groups is 2. The smallest absolute Gasteiger partial charge is 0.410 e. The second-order valence-corrected chi connectivity index (χ2v) is 44.0. The first-order valence-electron chi connectivity index (χ1n) is 52.9. The van der Waals surface area contributed by atoms with Crippen molar-refractivity contribution in [2.75, 3.05) is 101 Å². The average Bonchev–Trinajstić information content (AvgIpc) is 1.59. The van der Waals surface area contributed by atoms with E-state index >= 15 is 0 Å². The van der Waals surface area contributed by atoms with Gasteiger partial charge in [0.1, 0.15) is 24.2 Å². The van der Waals surface area contributed by atoms with Gasteiger partial charge in [0.25, 0.3) is 0 Å². The Morgan fingerprint density at radius 3 is 1.26 bits per heavy atom. The number of nitrogens with zero attached hydrogens (tertiary/aromatic N) is 8. The summed E-state index contributed by atoms with van der Waals surface area (Å²) in [6.07, 6.45) is 9.64. The molecule has 11 amide bonds. The quantitative estimate of drug-likeness (QED) is 0.0232. The highest BCUT2D eigenvalue weighted by atomic mass is 32.2. The molecule has 0 aliphatic carbocycles. The van der Waals surface area contributed by atoms with Gasteiger partial charge in [0, 0.05) is 158 Å². The SMILES string of the molecule is CC[C@H](C)[C@@H]([C@@H](CC(=O)N1CCC[C@H]1[C@H](OC)[C@@H](C)C(=O)C[C@@H](Cc1ccccc1)C(=O)O)OC)N(C)C(=O)[C@@H](CC(=O)[C@H](C(C)C)N(C)C(=O)OCc1ccc(N)cc1)C(C)C.CC[C@H](C)[C@@H]([C@@H](CC(=O)N1CCC[C@H]1[C@H](OC)[C@@H](C)C(=O)N[C@@H](Cc1ccccc1)C(=O)O)OC)N(C)C(=O)[C@@H](CC(=O)[C@H](C(C)C)N(C)C(=O)CCCCCN1C(=O)CC(SC)C1=O)C(C)C.CSC1CC(=O)N(CCCCCC(C)=O)C1=O. The van der Waals surface area contributed by atoms with Gasteiger partial charge in [-0.15, -0.1) is 0 Å². The molecule has 3 aromatic rings. The molecule has 7 rings (SSSR count). The maximum absolute atomic E-state index is 14.7. The number of aliphatic carboxylic acids is 2. The number of nitrogens with one attached hydrogen (secondary N) is 1. The molecule has 0 saturated carbocycles. The number of carboxylic acid groups (broad SMARTS) is 2. The number of carboxylic acids is 2. The molecule has 36 heteroatoms. The number of nitrogens with two attached hydrogens (primary N) is 1. The molecule has 2 unspecified atom stereocenters. The number of hydrogen-bond donors (Lipinski definition) is 4. The molecule has 4 fully saturated rings. The van der Waals surface area contributed by atoms with E-state index in [1.54, 1.807) is 97.9 Å². The molecule has 5 N–H and O–H groups in total. The number of ketones is 4. The van der Waals surface area contributed by atoms with Crippen LogP contribution in [0, 0.1) is 65.1 Å². The lowest BCUT2D eigenvalue weighted by Gasteiger charge is -2.41. The topological polar surface area (TPSA) is 441 Å². The molecule has 3 aromatic carbocycles. The predicted molar refractivity (Wildman–Crippen MR) is 572 cm³/mol. The Morgan fingerprint density at radius 2 is 0.885 bits per heavy atom. The third-order valence-electron chi connectivity index (χ3n) is 30.2. The van der Waals surface area contributed by atoms with Crippen molar-refractivity contribution in [1.29, 1.82) is 0 Å². The van der Waals surface area contributed by atoms with Crippen molar-refractivity contribution in [3.05, 3.63) is 102 Å². The highest BCUT2D eigenvalue weighted by Crippen LogP contribution is 2.37. The molecule has 34 nitrogen and oxygen atoms in total. The largest absolute Gasteiger partial charge is 0.481 e. The molecule has 828 valence electrons. The zero-order valence-corrected chi connectivity index (χ0v) is 94.2. The highest BCUT2D eigenvalue weighted by Gasteiger charge is 2.49. The molecule has 4 saturated heterocycles. The van der Waals surface area contributed by atoms with Crippen LogP contribution < -0.4 is 11.1 Å². The lowest BCUT2D eigenvalue weighted by Crippen LogP contribution is -2.55. The minimum atomic E-state index is -1.16. The van der Waals surface area contributed by atoms with Gasteiger partial charge in [-0.1, -0.05) is 195 Å². The molecule has 0 radical (unpaired) electrons. The van der Waals surface area contributed by atoms with Gasteiger partial charge in [-0.2, -0.15) is 23.5 Å². The van der Waals surface area contributed by atoms with E-state index in [-0.39, 0.29) is 187 Å². The van der Waals surface area contributed by atoms with Gasteiger partial charge in [-0.05, 0) is 142 Å². The second-order valence-electron chi connectivity index (χ2n) is 41.9. The lowest BCUT2D eigenvalue weighted by atomic mass is 9.83. The minimum absolute atomic E-state index is 0.00919. The number of rotatable bonds is 61. The van der Waals surface area contributed by atoms with E-state index in [0.717, 1.165) is 36.0 Å². The summed E-state index contributed by atoms with van der Waals surface area (Å²) >= 11 is 2.82. The molecule has 0 bridgehead atoms. The fraction of sp³-hybridized carbons (Fsp3) is 0.688. The summed E-state index contributed by atoms with van der Waals surface area (Å²) in [5.74, 6) is -9.72. The van der Waals surface area contributed by atoms with E-state index < -0.39 is 120 Å². The van der Waals surface area contributed by atoms with E-state index in [1.807, 2.05) is 144 Å². The monoisotopic (exact) mass is 2110 g/mol. The number of carbonyl (C=O) groups excluding carboxylic acids is 15. The Kier molecular flexibility index (Phi) is 55.5. The van der Waals surface area contributed by atoms with Gasteiger partial charge < -0.3 is 79.1 Å². The number of amides is 11. The van der Waals surface area contributed by atoms with Gasteiger partial charge >= 0.3 is 18.0 Å². The van der Waals surface area contributed by atoms with Crippen molar-refractivity contribution in [3.8, 4) is 0 Å². The van der Waals surface area contributed by atoms with Crippen LogP contribution in [0.3, 0.4) is 0 Å². The molecule has 4 aliphatic rings. The maximum atomic E-state index is 14.7. The van der Waals surface area contributed by atoms with E-state index in [1.165, 1.54) is 78.6 Å². The summed E-state index contributed by atoms with van der Waals surface area (Å²) in [7, 11) is 12.6. The fourth-order valence-corrected chi connectivity index (χ4v) is 22.3. The second kappa shape index (κ2) is 64.0. The van der Waals surface area contributed by atoms with Gasteiger partial charge in [-0.3, -0.25) is 76.9 Å². The molecular weight excluding hydrogens is 1930 g/mol. The van der Waals surface area contributed by atoms with Crippen LogP contribution >= 0.6 is 23.5 Å². The maximum Gasteiger partial charge on any atom is 0.410 e. The zero-order chi connectivity index (χ0) is 111. The lowest BCUT2D eigenvalue weighted by molar-refractivity contribution is -0.150. The summed E-state index contributed by atoms with van der Waals surface area (Å²) in [5, 5.41) is 22.1. The van der Waals surface area contributed by atoms with Crippen molar-refractivity contribution in [3.63, 3.8) is 0 Å². The number of benzene rings is 3. The van der Waals surface area contributed by atoms with Crippen molar-refractivity contribution < 1.29 is 115 Å². The van der Waals surface area contributed by atoms with Crippen LogP contribution in [0.4, 0.5) is 10.5 Å². The Labute approximate surface area is 887 Å². The summed E-state index contributed by atoms with van der Waals surface area (Å²) in [4.78, 5) is 236. The Balaban J connectivity index is 0.000000448. The van der Waals surface area contributed by atoms with Gasteiger partial charge in [0.05, 0.1) is 95.8 Å². The number of likely N-dealkylation sites (N-methyl/N-ethyl adjacent to an activating group) is 4. The van der Waals surface area contributed by atoms with Crippen molar-refractivity contribution in [2.24, 2.45) is 65.1 Å². The molecule has 0 aromatic heterocycles. The number of hydrogen-bond acceptors (Lipinski definition) is 25. The molecule has 0 spiro atoms. The molecule has 4 aliphatic heterocycles. The number of nitrogen functional groups attached to an aromatic ring is 1. The molecule has 4 heterocycles. The van der Waals surface area contributed by atoms with E-state index in [0.29, 0.717) is 102 Å². The minimum Gasteiger partial charge on any atom is -0.481 e. The summed E-state index contributed by atoms with van der Waals surface area (Å²) in [6, 6.07) is 20.5. The van der Waals surface area contributed by atoms with Gasteiger partial charge in [-0.25, -0.2) is 9.59 Å². The van der Waals surface area contributed by atoms with E-state index in [9.17, 15) is 91.7 Å². The Bertz CT molecular complexity index is 4800. The summed E-state index contributed by atoms with van der Waals surface area (Å²) in [5.41, 5.74) is 8.72. The third-order valence-corrected chi connectivity index (χ3v) is 32.0. The van der Waals surface area contributed by atoms with Crippen LogP contribution in [0.25, 0.3) is 0 Å². The van der Waals surface area contributed by atoms with Crippen LogP contribution in [0.2, 0.25) is 0 Å². The molecular formula is C112H174N10O24S2. The van der Waals surface area contributed by atoms with E-state index in [4.69, 9.17) is 29.4 Å². The van der Waals surface area contributed by atoms with Crippen LogP contribution in [-0.4, -0.2) is 322 Å². The van der Waals surface area contributed by atoms with Crippen molar-refractivity contribution >= 4 is 129 Å². The van der Waals surface area contributed by atoms with E-state index in [2.05, 4.69) is 5.32 Å². The Hall–Kier alpha value is -10.0. The average molecular weight is 2110 g/mol. The predicted octanol–water partition coefficient (Wildman–Crippen LogP) is 14.0. The van der Waals surface area contributed by atoms with Crippen LogP contribution in [0.5, 0.6) is 0 Å². The van der Waals surface area contributed by atoms with Crippen molar-refractivity contribution in [2.45, 2.75) is 335 Å². The number of ether oxygens (including phenoxy) is 5. The Morgan fingerprint density at radius 1 is 0.473 bits per heavy atom. The van der Waals surface area contributed by atoms with Crippen LogP contribution in [-0.2, 0) is 120 Å².